The van der Waals surface area contributed by atoms with Gasteiger partial charge in [0, 0.05) is 35.9 Å². The summed E-state index contributed by atoms with van der Waals surface area (Å²) in [5.41, 5.74) is 6.25. The van der Waals surface area contributed by atoms with Gasteiger partial charge in [0.05, 0.1) is 25.8 Å². The fraction of sp³-hybridized carbons (Fsp3) is 0.706. The number of rotatable bonds is 4. The Hall–Kier alpha value is -1.11. The second-order valence-corrected chi connectivity index (χ2v) is 7.68. The van der Waals surface area contributed by atoms with E-state index in [1.54, 1.807) is 0 Å². The molecule has 128 valence electrons. The number of aliphatic imine (C=N–C) groups is 1. The molecule has 0 radical (unpaired) electrons. The van der Waals surface area contributed by atoms with Crippen LogP contribution in [-0.2, 0) is 4.74 Å². The Bertz CT molecular complexity index is 518. The molecule has 2 aliphatic rings. The summed E-state index contributed by atoms with van der Waals surface area (Å²) in [6.07, 6.45) is 3.77. The van der Waals surface area contributed by atoms with Crippen LogP contribution in [0.15, 0.2) is 17.1 Å². The molecule has 1 atom stereocenters. The summed E-state index contributed by atoms with van der Waals surface area (Å²) in [5, 5.41) is 0. The van der Waals surface area contributed by atoms with Crippen molar-refractivity contribution in [2.24, 2.45) is 10.7 Å². The van der Waals surface area contributed by atoms with Gasteiger partial charge in [0.1, 0.15) is 0 Å². The zero-order chi connectivity index (χ0) is 16.1. The number of hydrogen-bond donors (Lipinski definition) is 1. The lowest BCUT2D eigenvalue weighted by Crippen LogP contribution is -2.42. The van der Waals surface area contributed by atoms with E-state index in [9.17, 15) is 0 Å². The maximum atomic E-state index is 6.25. The zero-order valence-electron chi connectivity index (χ0n) is 14.0. The Morgan fingerprint density at radius 3 is 2.61 bits per heavy atom. The first-order chi connectivity index (χ1) is 11.2. The van der Waals surface area contributed by atoms with Crippen LogP contribution in [0.25, 0.3) is 0 Å². The molecule has 0 amide bonds. The van der Waals surface area contributed by atoms with E-state index in [0.717, 1.165) is 51.9 Å². The van der Waals surface area contributed by atoms with Gasteiger partial charge in [0.15, 0.2) is 5.96 Å². The summed E-state index contributed by atoms with van der Waals surface area (Å²) in [6, 6.07) is 4.76. The molecule has 23 heavy (non-hydrogen) atoms. The molecule has 6 heteroatoms. The van der Waals surface area contributed by atoms with Crippen LogP contribution in [0.4, 0.5) is 0 Å². The lowest BCUT2D eigenvalue weighted by molar-refractivity contribution is 0.0186. The normalized spacial score (nSPS) is 22.3. The quantitative estimate of drug-likeness (QED) is 0.677. The molecular formula is C17H28N4OS. The largest absolute Gasteiger partial charge is 0.379 e. The number of thiophene rings is 1. The number of morpholine rings is 1. The zero-order valence-corrected chi connectivity index (χ0v) is 14.9. The second kappa shape index (κ2) is 8.13. The van der Waals surface area contributed by atoms with E-state index in [2.05, 4.69) is 28.9 Å². The molecular weight excluding hydrogens is 308 g/mol. The molecule has 2 fully saturated rings. The van der Waals surface area contributed by atoms with Gasteiger partial charge in [-0.3, -0.25) is 9.89 Å². The van der Waals surface area contributed by atoms with Gasteiger partial charge in [-0.1, -0.05) is 0 Å². The van der Waals surface area contributed by atoms with Crippen molar-refractivity contribution in [3.05, 3.63) is 21.9 Å². The third-order valence-electron chi connectivity index (χ3n) is 4.68. The van der Waals surface area contributed by atoms with Gasteiger partial charge in [0.25, 0.3) is 0 Å². The van der Waals surface area contributed by atoms with E-state index in [-0.39, 0.29) is 0 Å². The molecule has 0 aromatic carbocycles. The number of likely N-dealkylation sites (tertiary alicyclic amines) is 1. The Morgan fingerprint density at radius 2 is 1.96 bits per heavy atom. The van der Waals surface area contributed by atoms with Crippen molar-refractivity contribution >= 4 is 17.3 Å². The van der Waals surface area contributed by atoms with Crippen molar-refractivity contribution < 1.29 is 4.74 Å². The molecule has 1 aromatic rings. The van der Waals surface area contributed by atoms with Crippen molar-refractivity contribution in [3.63, 3.8) is 0 Å². The monoisotopic (exact) mass is 336 g/mol. The van der Waals surface area contributed by atoms with E-state index >= 15 is 0 Å². The van der Waals surface area contributed by atoms with Gasteiger partial charge in [0.2, 0.25) is 0 Å². The van der Waals surface area contributed by atoms with Gasteiger partial charge in [-0.25, -0.2) is 0 Å². The summed E-state index contributed by atoms with van der Waals surface area (Å²) in [7, 11) is 0. The highest BCUT2D eigenvalue weighted by Gasteiger charge is 2.24. The molecule has 0 spiro atoms. The summed E-state index contributed by atoms with van der Waals surface area (Å²) in [6.45, 7) is 8.57. The summed E-state index contributed by atoms with van der Waals surface area (Å²) in [4.78, 5) is 12.2. The minimum Gasteiger partial charge on any atom is -0.379 e. The molecule has 3 heterocycles. The molecule has 2 N–H and O–H groups in total. The van der Waals surface area contributed by atoms with E-state index < -0.39 is 0 Å². The molecule has 0 aliphatic carbocycles. The minimum atomic E-state index is 0.320. The molecule has 1 aromatic heterocycles. The number of nitrogens with two attached hydrogens (primary N) is 1. The van der Waals surface area contributed by atoms with Crippen LogP contribution in [0.3, 0.4) is 0 Å². The Balaban J connectivity index is 1.69. The van der Waals surface area contributed by atoms with E-state index in [0.29, 0.717) is 6.04 Å². The minimum absolute atomic E-state index is 0.320. The van der Waals surface area contributed by atoms with Gasteiger partial charge in [-0.2, -0.15) is 0 Å². The number of piperidine rings is 1. The predicted octanol–water partition coefficient (Wildman–Crippen LogP) is 2.23. The molecule has 0 bridgehead atoms. The second-order valence-electron chi connectivity index (χ2n) is 6.36. The number of ether oxygens (including phenoxy) is 1. The topological polar surface area (TPSA) is 54.1 Å². The van der Waals surface area contributed by atoms with Crippen LogP contribution in [0.1, 0.15) is 35.1 Å². The Kier molecular flexibility index (Phi) is 5.91. The molecule has 2 saturated heterocycles. The number of nitrogens with zero attached hydrogens (tertiary/aromatic N) is 3. The Morgan fingerprint density at radius 1 is 1.22 bits per heavy atom. The number of hydrogen-bond acceptors (Lipinski definition) is 4. The summed E-state index contributed by atoms with van der Waals surface area (Å²) >= 11 is 1.87. The third kappa shape index (κ3) is 4.46. The Labute approximate surface area is 143 Å². The van der Waals surface area contributed by atoms with E-state index in [1.165, 1.54) is 29.0 Å². The molecule has 2 aliphatic heterocycles. The molecule has 3 rings (SSSR count). The lowest BCUT2D eigenvalue weighted by atomic mass is 10.1. The van der Waals surface area contributed by atoms with Crippen LogP contribution in [0, 0.1) is 6.92 Å². The van der Waals surface area contributed by atoms with Gasteiger partial charge in [-0.15, -0.1) is 11.3 Å². The van der Waals surface area contributed by atoms with Gasteiger partial charge < -0.3 is 15.4 Å². The van der Waals surface area contributed by atoms with Crippen LogP contribution >= 0.6 is 11.3 Å². The third-order valence-corrected chi connectivity index (χ3v) is 5.78. The average molecular weight is 337 g/mol. The maximum Gasteiger partial charge on any atom is 0.191 e. The number of aryl methyl sites for hydroxylation is 1. The smallest absolute Gasteiger partial charge is 0.191 e. The van der Waals surface area contributed by atoms with Crippen molar-refractivity contribution in [1.82, 2.24) is 9.80 Å². The predicted molar refractivity (Wildman–Crippen MR) is 96.1 cm³/mol. The highest BCUT2D eigenvalue weighted by molar-refractivity contribution is 7.12. The van der Waals surface area contributed by atoms with E-state index in [1.807, 2.05) is 11.3 Å². The average Bonchev–Trinajstić information content (AvgIpc) is 3.03. The summed E-state index contributed by atoms with van der Waals surface area (Å²) in [5.74, 6) is 0.719. The van der Waals surface area contributed by atoms with Crippen molar-refractivity contribution in [3.8, 4) is 0 Å². The van der Waals surface area contributed by atoms with Crippen molar-refractivity contribution in [1.29, 1.82) is 0 Å². The van der Waals surface area contributed by atoms with E-state index in [4.69, 9.17) is 15.5 Å². The molecule has 1 unspecified atom stereocenters. The first-order valence-corrected chi connectivity index (χ1v) is 9.48. The first-order valence-electron chi connectivity index (χ1n) is 8.67. The van der Waals surface area contributed by atoms with Crippen LogP contribution in [0.5, 0.6) is 0 Å². The van der Waals surface area contributed by atoms with Crippen LogP contribution in [0.2, 0.25) is 0 Å². The van der Waals surface area contributed by atoms with Crippen LogP contribution < -0.4 is 5.73 Å². The van der Waals surface area contributed by atoms with Crippen molar-refractivity contribution in [2.75, 3.05) is 45.9 Å². The van der Waals surface area contributed by atoms with Gasteiger partial charge in [-0.05, 0) is 38.3 Å². The summed E-state index contributed by atoms with van der Waals surface area (Å²) < 4.78 is 5.50. The lowest BCUT2D eigenvalue weighted by Gasteiger charge is -2.33. The fourth-order valence-corrected chi connectivity index (χ4v) is 4.31. The molecule has 5 nitrogen and oxygen atoms in total. The first kappa shape index (κ1) is 16.7. The van der Waals surface area contributed by atoms with Crippen LogP contribution in [-0.4, -0.2) is 61.7 Å². The standard InChI is InChI=1S/C17H28N4OS/c1-14-5-6-16(23-14)15(20-9-11-22-12-10-20)13-19-17(18)21-7-3-2-4-8-21/h5-6,15H,2-4,7-13H2,1H3,(H2,18,19). The van der Waals surface area contributed by atoms with Gasteiger partial charge >= 0.3 is 0 Å². The fourth-order valence-electron chi connectivity index (χ4n) is 3.31. The maximum absolute atomic E-state index is 6.25. The SMILES string of the molecule is Cc1ccc(C(CN=C(N)N2CCCCC2)N2CCOCC2)s1. The highest BCUT2D eigenvalue weighted by Crippen LogP contribution is 2.28. The number of guanidine groups is 1. The highest BCUT2D eigenvalue weighted by atomic mass is 32.1. The van der Waals surface area contributed by atoms with Crippen molar-refractivity contribution in [2.45, 2.75) is 32.2 Å². The molecule has 0 saturated carbocycles.